The third-order valence-electron chi connectivity index (χ3n) is 5.27. The van der Waals surface area contributed by atoms with Gasteiger partial charge in [0.15, 0.2) is 0 Å². The number of anilines is 1. The second-order valence-corrected chi connectivity index (χ2v) is 7.75. The highest BCUT2D eigenvalue weighted by molar-refractivity contribution is 6.33. The molecule has 1 aliphatic rings. The number of halogens is 4. The third kappa shape index (κ3) is 4.78. The molecule has 0 bridgehead atoms. The van der Waals surface area contributed by atoms with Crippen LogP contribution in [0.15, 0.2) is 60.8 Å². The highest BCUT2D eigenvalue weighted by Crippen LogP contribution is 2.34. The molecule has 1 unspecified atom stereocenters. The van der Waals surface area contributed by atoms with E-state index in [4.69, 9.17) is 16.3 Å². The number of aliphatic hydroxyl groups is 1. The first-order valence-electron chi connectivity index (χ1n) is 9.78. The standard InChI is InChI=1S/C23H20ClF3N2O2/c24-20-4-2-1-3-19(20)15-5-7-21(16(11-15)14-30)29-10-9-18(13-29)31-22-8-6-17(12-28-22)23(25,26)27/h1-8,11-12,18,30H,9-10,13-14H2. The number of hydrogen-bond donors (Lipinski definition) is 1. The lowest BCUT2D eigenvalue weighted by atomic mass is 10.0. The van der Waals surface area contributed by atoms with E-state index in [1.54, 1.807) is 0 Å². The average Bonchev–Trinajstić information content (AvgIpc) is 3.21. The van der Waals surface area contributed by atoms with Gasteiger partial charge in [-0.3, -0.25) is 0 Å². The highest BCUT2D eigenvalue weighted by Gasteiger charge is 2.31. The lowest BCUT2D eigenvalue weighted by molar-refractivity contribution is -0.137. The van der Waals surface area contributed by atoms with Crippen LogP contribution in [0.25, 0.3) is 11.1 Å². The Morgan fingerprint density at radius 2 is 1.94 bits per heavy atom. The summed E-state index contributed by atoms with van der Waals surface area (Å²) in [6, 6.07) is 15.5. The molecule has 1 N–H and O–H groups in total. The van der Waals surface area contributed by atoms with Crippen molar-refractivity contribution in [3.63, 3.8) is 0 Å². The van der Waals surface area contributed by atoms with Crippen molar-refractivity contribution in [2.75, 3.05) is 18.0 Å². The largest absolute Gasteiger partial charge is 0.472 e. The van der Waals surface area contributed by atoms with Crippen LogP contribution in [0.5, 0.6) is 5.88 Å². The van der Waals surface area contributed by atoms with Crippen LogP contribution in [0.3, 0.4) is 0 Å². The lowest BCUT2D eigenvalue weighted by Crippen LogP contribution is -2.25. The first-order chi connectivity index (χ1) is 14.8. The quantitative estimate of drug-likeness (QED) is 0.554. The molecule has 162 valence electrons. The molecule has 0 radical (unpaired) electrons. The van der Waals surface area contributed by atoms with Crippen molar-refractivity contribution in [2.24, 2.45) is 0 Å². The minimum absolute atomic E-state index is 0.129. The number of alkyl halides is 3. The molecule has 1 aliphatic heterocycles. The van der Waals surface area contributed by atoms with Crippen LogP contribution in [0.4, 0.5) is 18.9 Å². The molecule has 1 aromatic heterocycles. The smallest absolute Gasteiger partial charge is 0.417 e. The normalized spacial score (nSPS) is 16.5. The van der Waals surface area contributed by atoms with E-state index in [1.807, 2.05) is 42.5 Å². The van der Waals surface area contributed by atoms with E-state index in [9.17, 15) is 18.3 Å². The minimum Gasteiger partial charge on any atom is -0.472 e. The van der Waals surface area contributed by atoms with Crippen LogP contribution in [0, 0.1) is 0 Å². The Bertz CT molecular complexity index is 1060. The van der Waals surface area contributed by atoms with Crippen LogP contribution in [0.2, 0.25) is 5.02 Å². The van der Waals surface area contributed by atoms with E-state index >= 15 is 0 Å². The molecule has 2 aromatic carbocycles. The van der Waals surface area contributed by atoms with Gasteiger partial charge in [0.25, 0.3) is 0 Å². The predicted octanol–water partition coefficient (Wildman–Crippen LogP) is 5.57. The van der Waals surface area contributed by atoms with Gasteiger partial charge in [0, 0.05) is 47.1 Å². The van der Waals surface area contributed by atoms with Gasteiger partial charge < -0.3 is 14.7 Å². The van der Waals surface area contributed by atoms with Crippen molar-refractivity contribution in [1.29, 1.82) is 0 Å². The van der Waals surface area contributed by atoms with Gasteiger partial charge in [-0.05, 0) is 29.8 Å². The molecule has 4 nitrogen and oxygen atoms in total. The topological polar surface area (TPSA) is 45.6 Å². The van der Waals surface area contributed by atoms with Gasteiger partial charge in [-0.1, -0.05) is 35.9 Å². The Morgan fingerprint density at radius 3 is 2.61 bits per heavy atom. The molecule has 1 atom stereocenters. The summed E-state index contributed by atoms with van der Waals surface area (Å²) in [5.74, 6) is 0.163. The zero-order valence-corrected chi connectivity index (χ0v) is 17.2. The molecule has 0 aliphatic carbocycles. The van der Waals surface area contributed by atoms with Gasteiger partial charge >= 0.3 is 6.18 Å². The van der Waals surface area contributed by atoms with Gasteiger partial charge in [0.05, 0.1) is 18.7 Å². The Hall–Kier alpha value is -2.77. The monoisotopic (exact) mass is 448 g/mol. The van der Waals surface area contributed by atoms with Crippen LogP contribution in [-0.2, 0) is 12.8 Å². The van der Waals surface area contributed by atoms with Gasteiger partial charge in [0.2, 0.25) is 5.88 Å². The summed E-state index contributed by atoms with van der Waals surface area (Å²) >= 11 is 6.29. The van der Waals surface area contributed by atoms with Crippen LogP contribution in [-0.4, -0.2) is 29.3 Å². The molecule has 4 rings (SSSR count). The van der Waals surface area contributed by atoms with E-state index in [1.165, 1.54) is 6.07 Å². The molecule has 0 spiro atoms. The second kappa shape index (κ2) is 8.77. The molecule has 0 saturated carbocycles. The van der Waals surface area contributed by atoms with Crippen molar-refractivity contribution < 1.29 is 23.0 Å². The van der Waals surface area contributed by atoms with Crippen LogP contribution in [0.1, 0.15) is 17.5 Å². The van der Waals surface area contributed by atoms with Crippen LogP contribution >= 0.6 is 11.6 Å². The maximum atomic E-state index is 12.7. The van der Waals surface area contributed by atoms with E-state index < -0.39 is 11.7 Å². The Balaban J connectivity index is 1.47. The molecular weight excluding hydrogens is 429 g/mol. The van der Waals surface area contributed by atoms with Crippen LogP contribution < -0.4 is 9.64 Å². The fourth-order valence-corrected chi connectivity index (χ4v) is 3.96. The van der Waals surface area contributed by atoms with Gasteiger partial charge in [0.1, 0.15) is 6.10 Å². The lowest BCUT2D eigenvalue weighted by Gasteiger charge is -2.22. The third-order valence-corrected chi connectivity index (χ3v) is 5.60. The molecular formula is C23H20ClF3N2O2. The summed E-state index contributed by atoms with van der Waals surface area (Å²) in [5.41, 5.74) is 2.66. The Kier molecular flexibility index (Phi) is 6.07. The van der Waals surface area contributed by atoms with Crippen molar-refractivity contribution in [3.05, 3.63) is 76.9 Å². The number of rotatable bonds is 5. The number of aromatic nitrogens is 1. The summed E-state index contributed by atoms with van der Waals surface area (Å²) < 4.78 is 43.8. The summed E-state index contributed by atoms with van der Waals surface area (Å²) in [7, 11) is 0. The molecule has 31 heavy (non-hydrogen) atoms. The van der Waals surface area contributed by atoms with E-state index in [-0.39, 0.29) is 18.6 Å². The Labute approximate surface area is 182 Å². The molecule has 1 fully saturated rings. The van der Waals surface area contributed by atoms with Crippen molar-refractivity contribution in [2.45, 2.75) is 25.3 Å². The van der Waals surface area contributed by atoms with E-state index in [0.717, 1.165) is 34.6 Å². The summed E-state index contributed by atoms with van der Waals surface area (Å²) in [6.07, 6.45) is -3.16. The van der Waals surface area contributed by atoms with Gasteiger partial charge in [-0.2, -0.15) is 13.2 Å². The van der Waals surface area contributed by atoms with Crippen molar-refractivity contribution in [1.82, 2.24) is 4.98 Å². The molecule has 0 amide bonds. The van der Waals surface area contributed by atoms with Gasteiger partial charge in [-0.25, -0.2) is 4.98 Å². The first kappa shape index (κ1) is 21.5. The van der Waals surface area contributed by atoms with Gasteiger partial charge in [-0.15, -0.1) is 0 Å². The maximum Gasteiger partial charge on any atom is 0.417 e. The zero-order valence-electron chi connectivity index (χ0n) is 16.4. The summed E-state index contributed by atoms with van der Waals surface area (Å²) in [4.78, 5) is 5.87. The van der Waals surface area contributed by atoms with E-state index in [0.29, 0.717) is 24.5 Å². The molecule has 2 heterocycles. The predicted molar refractivity (Wildman–Crippen MR) is 113 cm³/mol. The number of pyridine rings is 1. The fraction of sp³-hybridized carbons (Fsp3) is 0.261. The second-order valence-electron chi connectivity index (χ2n) is 7.34. The Morgan fingerprint density at radius 1 is 1.13 bits per heavy atom. The SMILES string of the molecule is OCc1cc(-c2ccccc2Cl)ccc1N1CCC(Oc2ccc(C(F)(F)F)cn2)C1. The molecule has 3 aromatic rings. The highest BCUT2D eigenvalue weighted by atomic mass is 35.5. The summed E-state index contributed by atoms with van der Waals surface area (Å²) in [6.45, 7) is 1.11. The minimum atomic E-state index is -4.42. The first-order valence-corrected chi connectivity index (χ1v) is 10.2. The van der Waals surface area contributed by atoms with Crippen molar-refractivity contribution >= 4 is 17.3 Å². The number of hydrogen-bond acceptors (Lipinski definition) is 4. The molecule has 8 heteroatoms. The zero-order chi connectivity index (χ0) is 22.0. The number of aliphatic hydroxyl groups excluding tert-OH is 1. The van der Waals surface area contributed by atoms with E-state index in [2.05, 4.69) is 9.88 Å². The number of ether oxygens (including phenoxy) is 1. The molecule has 1 saturated heterocycles. The fourth-order valence-electron chi connectivity index (χ4n) is 3.72. The average molecular weight is 449 g/mol. The maximum absolute atomic E-state index is 12.7. The summed E-state index contributed by atoms with van der Waals surface area (Å²) in [5, 5.41) is 10.6. The number of nitrogens with zero attached hydrogens (tertiary/aromatic N) is 2. The van der Waals surface area contributed by atoms with Crippen molar-refractivity contribution in [3.8, 4) is 17.0 Å². The number of benzene rings is 2.